The third-order valence-corrected chi connectivity index (χ3v) is 2.85. The number of nitrogens with one attached hydrogen (secondary N) is 3. The Morgan fingerprint density at radius 1 is 0.947 bits per heavy atom. The number of aromatic amines is 3. The van der Waals surface area contributed by atoms with Crippen molar-refractivity contribution in [3.63, 3.8) is 0 Å². The van der Waals surface area contributed by atoms with Crippen molar-refractivity contribution >= 4 is 16.8 Å². The molecule has 0 radical (unpaired) electrons. The van der Waals surface area contributed by atoms with Gasteiger partial charge in [0.25, 0.3) is 5.56 Å². The van der Waals surface area contributed by atoms with Crippen LogP contribution in [0.25, 0.3) is 11.0 Å². The van der Waals surface area contributed by atoms with Crippen LogP contribution in [0.5, 0.6) is 0 Å². The van der Waals surface area contributed by atoms with Gasteiger partial charge in [0.05, 0.1) is 11.1 Å². The van der Waals surface area contributed by atoms with Crippen molar-refractivity contribution in [1.29, 1.82) is 0 Å². The Morgan fingerprint density at radius 3 is 2.42 bits per heavy atom. The van der Waals surface area contributed by atoms with Gasteiger partial charge in [0, 0.05) is 11.8 Å². The molecule has 0 saturated heterocycles. The first-order valence-electron chi connectivity index (χ1n) is 5.60. The van der Waals surface area contributed by atoms with Crippen molar-refractivity contribution < 1.29 is 4.79 Å². The number of hydrogen-bond acceptors (Lipinski definition) is 3. The van der Waals surface area contributed by atoms with Crippen LogP contribution in [-0.2, 0) is 0 Å². The Bertz CT molecular complexity index is 871. The highest BCUT2D eigenvalue weighted by molar-refractivity contribution is 6.15. The zero-order valence-electron chi connectivity index (χ0n) is 9.69. The van der Waals surface area contributed by atoms with Gasteiger partial charge >= 0.3 is 5.69 Å². The van der Waals surface area contributed by atoms with Gasteiger partial charge in [0.2, 0.25) is 0 Å². The third kappa shape index (κ3) is 1.79. The second-order valence-electron chi connectivity index (χ2n) is 4.06. The van der Waals surface area contributed by atoms with E-state index in [1.165, 1.54) is 6.20 Å². The van der Waals surface area contributed by atoms with Gasteiger partial charge in [0.15, 0.2) is 5.78 Å². The second kappa shape index (κ2) is 4.09. The summed E-state index contributed by atoms with van der Waals surface area (Å²) < 4.78 is 0. The van der Waals surface area contributed by atoms with Crippen LogP contribution in [0.15, 0.2) is 46.1 Å². The van der Waals surface area contributed by atoms with E-state index in [0.717, 1.165) is 0 Å². The van der Waals surface area contributed by atoms with E-state index in [2.05, 4.69) is 15.0 Å². The van der Waals surface area contributed by atoms with Gasteiger partial charge in [-0.05, 0) is 0 Å². The van der Waals surface area contributed by atoms with E-state index in [4.69, 9.17) is 0 Å². The SMILES string of the molecule is O=C(c1ccccc1)c1c[nH]c2c(=O)[nH]c(=O)[nH]c12. The van der Waals surface area contributed by atoms with Crippen LogP contribution in [-0.4, -0.2) is 20.7 Å². The molecule has 0 aliphatic heterocycles. The van der Waals surface area contributed by atoms with Gasteiger partial charge in [0.1, 0.15) is 5.52 Å². The van der Waals surface area contributed by atoms with Crippen molar-refractivity contribution in [3.05, 3.63) is 68.5 Å². The number of rotatable bonds is 2. The maximum atomic E-state index is 12.3. The van der Waals surface area contributed by atoms with E-state index in [-0.39, 0.29) is 22.4 Å². The topological polar surface area (TPSA) is 98.6 Å². The number of benzene rings is 1. The minimum absolute atomic E-state index is 0.180. The second-order valence-corrected chi connectivity index (χ2v) is 4.06. The average Bonchev–Trinajstić information content (AvgIpc) is 2.83. The minimum Gasteiger partial charge on any atom is -0.355 e. The number of hydrogen-bond donors (Lipinski definition) is 3. The smallest absolute Gasteiger partial charge is 0.326 e. The Kier molecular flexibility index (Phi) is 2.42. The molecule has 0 aliphatic rings. The van der Waals surface area contributed by atoms with Crippen LogP contribution in [0.2, 0.25) is 0 Å². The number of carbonyl (C=O) groups is 1. The fraction of sp³-hybridized carbons (Fsp3) is 0. The lowest BCUT2D eigenvalue weighted by molar-refractivity contribution is 0.104. The third-order valence-electron chi connectivity index (χ3n) is 2.85. The molecule has 3 N–H and O–H groups in total. The molecule has 0 saturated carbocycles. The standard InChI is InChI=1S/C13H9N3O3/c17-11(7-4-2-1-3-5-7)8-6-14-10-9(8)15-13(19)16-12(10)18/h1-6,14H,(H2,15,16,18,19). The molecule has 0 amide bonds. The summed E-state index contributed by atoms with van der Waals surface area (Å²) in [4.78, 5) is 42.4. The first-order chi connectivity index (χ1) is 9.16. The van der Waals surface area contributed by atoms with Crippen molar-refractivity contribution in [2.45, 2.75) is 0 Å². The predicted octanol–water partition coefficient (Wildman–Crippen LogP) is 0.775. The van der Waals surface area contributed by atoms with Crippen LogP contribution in [0.4, 0.5) is 0 Å². The molecule has 94 valence electrons. The highest BCUT2D eigenvalue weighted by Gasteiger charge is 2.16. The Morgan fingerprint density at radius 2 is 1.68 bits per heavy atom. The fourth-order valence-electron chi connectivity index (χ4n) is 1.97. The monoisotopic (exact) mass is 255 g/mol. The number of ketones is 1. The van der Waals surface area contributed by atoms with Crippen LogP contribution in [0.1, 0.15) is 15.9 Å². The summed E-state index contributed by atoms with van der Waals surface area (Å²) in [5.74, 6) is -0.256. The molecule has 0 spiro atoms. The first kappa shape index (κ1) is 11.2. The van der Waals surface area contributed by atoms with Crippen molar-refractivity contribution in [3.8, 4) is 0 Å². The lowest BCUT2D eigenvalue weighted by Gasteiger charge is -1.98. The fourth-order valence-corrected chi connectivity index (χ4v) is 1.97. The van der Waals surface area contributed by atoms with Gasteiger partial charge < -0.3 is 9.97 Å². The molecular weight excluding hydrogens is 246 g/mol. The molecule has 0 aliphatic carbocycles. The van der Waals surface area contributed by atoms with Gasteiger partial charge in [-0.3, -0.25) is 14.6 Å². The maximum absolute atomic E-state index is 12.3. The maximum Gasteiger partial charge on any atom is 0.326 e. The predicted molar refractivity (Wildman–Crippen MR) is 69.4 cm³/mol. The molecule has 3 aromatic rings. The Balaban J connectivity index is 2.25. The van der Waals surface area contributed by atoms with Gasteiger partial charge in [-0.15, -0.1) is 0 Å². The summed E-state index contributed by atoms with van der Waals surface area (Å²) in [7, 11) is 0. The number of H-pyrrole nitrogens is 3. The molecule has 0 atom stereocenters. The van der Waals surface area contributed by atoms with E-state index >= 15 is 0 Å². The zero-order valence-corrected chi connectivity index (χ0v) is 9.69. The summed E-state index contributed by atoms with van der Waals surface area (Å²) in [5.41, 5.74) is -0.0273. The lowest BCUT2D eigenvalue weighted by Crippen LogP contribution is -2.22. The number of aromatic nitrogens is 3. The van der Waals surface area contributed by atoms with Crippen LogP contribution >= 0.6 is 0 Å². The molecule has 0 fully saturated rings. The van der Waals surface area contributed by atoms with Crippen molar-refractivity contribution in [2.75, 3.05) is 0 Å². The van der Waals surface area contributed by atoms with E-state index in [0.29, 0.717) is 5.56 Å². The average molecular weight is 255 g/mol. The molecule has 19 heavy (non-hydrogen) atoms. The van der Waals surface area contributed by atoms with Crippen LogP contribution in [0.3, 0.4) is 0 Å². The molecule has 1 aromatic carbocycles. The highest BCUT2D eigenvalue weighted by Crippen LogP contribution is 2.15. The van der Waals surface area contributed by atoms with Crippen molar-refractivity contribution in [1.82, 2.24) is 15.0 Å². The molecule has 2 aromatic heterocycles. The normalized spacial score (nSPS) is 10.7. The molecule has 6 heteroatoms. The largest absolute Gasteiger partial charge is 0.355 e. The van der Waals surface area contributed by atoms with Crippen molar-refractivity contribution in [2.24, 2.45) is 0 Å². The van der Waals surface area contributed by atoms with Crippen LogP contribution < -0.4 is 11.2 Å². The minimum atomic E-state index is -0.640. The molecule has 3 rings (SSSR count). The summed E-state index contributed by atoms with van der Waals surface area (Å²) in [5, 5.41) is 0. The number of fused-ring (bicyclic) bond motifs is 1. The van der Waals surface area contributed by atoms with E-state index in [1.54, 1.807) is 30.3 Å². The molecule has 6 nitrogen and oxygen atoms in total. The Labute approximate surface area is 106 Å². The molecule has 0 bridgehead atoms. The van der Waals surface area contributed by atoms with E-state index in [1.807, 2.05) is 0 Å². The lowest BCUT2D eigenvalue weighted by atomic mass is 10.1. The van der Waals surface area contributed by atoms with E-state index < -0.39 is 11.2 Å². The molecule has 0 unspecified atom stereocenters. The summed E-state index contributed by atoms with van der Waals surface area (Å²) >= 11 is 0. The summed E-state index contributed by atoms with van der Waals surface area (Å²) in [6.07, 6.45) is 1.42. The van der Waals surface area contributed by atoms with Crippen LogP contribution in [0, 0.1) is 0 Å². The first-order valence-corrected chi connectivity index (χ1v) is 5.60. The summed E-state index contributed by atoms with van der Waals surface area (Å²) in [6, 6.07) is 8.65. The van der Waals surface area contributed by atoms with Gasteiger partial charge in [-0.25, -0.2) is 4.79 Å². The van der Waals surface area contributed by atoms with Gasteiger partial charge in [-0.2, -0.15) is 0 Å². The molecular formula is C13H9N3O3. The highest BCUT2D eigenvalue weighted by atomic mass is 16.2. The zero-order chi connectivity index (χ0) is 13.4. The quantitative estimate of drug-likeness (QED) is 0.590. The van der Waals surface area contributed by atoms with Gasteiger partial charge in [-0.1, -0.05) is 30.3 Å². The van der Waals surface area contributed by atoms with E-state index in [9.17, 15) is 14.4 Å². The summed E-state index contributed by atoms with van der Waals surface area (Å²) in [6.45, 7) is 0. The Hall–Kier alpha value is -2.89. The number of carbonyl (C=O) groups excluding carboxylic acids is 1. The molecule has 2 heterocycles.